The number of likely N-dealkylation sites (tertiary alicyclic amines) is 1. The summed E-state index contributed by atoms with van der Waals surface area (Å²) in [5, 5.41) is 3.28. The first kappa shape index (κ1) is 13.2. The van der Waals surface area contributed by atoms with Gasteiger partial charge in [-0.05, 0) is 51.0 Å². The molecule has 0 saturated carbocycles. The molecular weight excluding hydrogens is 238 g/mol. The number of fused-ring (bicyclic) bond motifs is 1. The van der Waals surface area contributed by atoms with E-state index < -0.39 is 0 Å². The average Bonchev–Trinajstić information content (AvgIpc) is 2.87. The summed E-state index contributed by atoms with van der Waals surface area (Å²) in [7, 11) is 0. The standard InChI is InChI=1S/C15H27N3O/c1-12-4-8-18(9-5-12)15(19)16-13-6-10-17-7-2-3-14(17)11-13/h12-14H,2-11H2,1H3,(H,16,19). The number of nitrogens with zero attached hydrogens (tertiary/aromatic N) is 2. The van der Waals surface area contributed by atoms with Crippen LogP contribution in [0.4, 0.5) is 4.79 Å². The van der Waals surface area contributed by atoms with Crippen molar-refractivity contribution in [1.29, 1.82) is 0 Å². The van der Waals surface area contributed by atoms with Crippen LogP contribution in [0.25, 0.3) is 0 Å². The summed E-state index contributed by atoms with van der Waals surface area (Å²) in [6.45, 7) is 6.61. The van der Waals surface area contributed by atoms with Crippen molar-refractivity contribution in [2.45, 2.75) is 57.5 Å². The van der Waals surface area contributed by atoms with Gasteiger partial charge in [0.05, 0.1) is 0 Å². The van der Waals surface area contributed by atoms with Gasteiger partial charge < -0.3 is 15.1 Å². The highest BCUT2D eigenvalue weighted by atomic mass is 16.2. The van der Waals surface area contributed by atoms with E-state index in [0.29, 0.717) is 6.04 Å². The molecule has 3 aliphatic rings. The summed E-state index contributed by atoms with van der Waals surface area (Å²) in [4.78, 5) is 16.9. The summed E-state index contributed by atoms with van der Waals surface area (Å²) in [6.07, 6.45) is 7.29. The van der Waals surface area contributed by atoms with E-state index in [2.05, 4.69) is 17.1 Å². The van der Waals surface area contributed by atoms with Crippen LogP contribution in [-0.4, -0.2) is 54.1 Å². The predicted molar refractivity (Wildman–Crippen MR) is 76.1 cm³/mol. The van der Waals surface area contributed by atoms with Crippen LogP contribution in [0.15, 0.2) is 0 Å². The van der Waals surface area contributed by atoms with Gasteiger partial charge in [-0.15, -0.1) is 0 Å². The van der Waals surface area contributed by atoms with E-state index >= 15 is 0 Å². The van der Waals surface area contributed by atoms with Crippen LogP contribution in [0.2, 0.25) is 0 Å². The Hall–Kier alpha value is -0.770. The van der Waals surface area contributed by atoms with Gasteiger partial charge >= 0.3 is 6.03 Å². The lowest BCUT2D eigenvalue weighted by atomic mass is 9.97. The van der Waals surface area contributed by atoms with Crippen molar-refractivity contribution in [2.24, 2.45) is 5.92 Å². The summed E-state index contributed by atoms with van der Waals surface area (Å²) in [5.41, 5.74) is 0. The van der Waals surface area contributed by atoms with Crippen molar-refractivity contribution in [3.63, 3.8) is 0 Å². The number of carbonyl (C=O) groups excluding carboxylic acids is 1. The number of hydrogen-bond acceptors (Lipinski definition) is 2. The first-order valence-electron chi connectivity index (χ1n) is 8.02. The van der Waals surface area contributed by atoms with Crippen molar-refractivity contribution in [1.82, 2.24) is 15.1 Å². The summed E-state index contributed by atoms with van der Waals surface area (Å²) < 4.78 is 0. The lowest BCUT2D eigenvalue weighted by Crippen LogP contribution is -2.52. The number of amides is 2. The van der Waals surface area contributed by atoms with E-state index in [0.717, 1.165) is 50.7 Å². The highest BCUT2D eigenvalue weighted by Gasteiger charge is 2.33. The van der Waals surface area contributed by atoms with Crippen LogP contribution in [-0.2, 0) is 0 Å². The van der Waals surface area contributed by atoms with Crippen LogP contribution in [0.3, 0.4) is 0 Å². The van der Waals surface area contributed by atoms with Crippen molar-refractivity contribution in [3.8, 4) is 0 Å². The molecule has 0 aromatic heterocycles. The number of rotatable bonds is 1. The fourth-order valence-electron chi connectivity index (χ4n) is 3.83. The monoisotopic (exact) mass is 265 g/mol. The van der Waals surface area contributed by atoms with Gasteiger partial charge in [0, 0.05) is 31.7 Å². The van der Waals surface area contributed by atoms with Gasteiger partial charge in [0.1, 0.15) is 0 Å². The van der Waals surface area contributed by atoms with E-state index in [9.17, 15) is 4.79 Å². The molecule has 0 radical (unpaired) electrons. The minimum absolute atomic E-state index is 0.184. The summed E-state index contributed by atoms with van der Waals surface area (Å²) in [6, 6.07) is 1.33. The van der Waals surface area contributed by atoms with Gasteiger partial charge in [0.2, 0.25) is 0 Å². The average molecular weight is 265 g/mol. The molecule has 4 nitrogen and oxygen atoms in total. The zero-order chi connectivity index (χ0) is 13.2. The molecule has 3 heterocycles. The molecule has 3 fully saturated rings. The fraction of sp³-hybridized carbons (Fsp3) is 0.933. The van der Waals surface area contributed by atoms with Crippen molar-refractivity contribution in [3.05, 3.63) is 0 Å². The Morgan fingerprint density at radius 1 is 1.05 bits per heavy atom. The third-order valence-electron chi connectivity index (χ3n) is 5.22. The number of hydrogen-bond donors (Lipinski definition) is 1. The molecule has 0 aromatic carbocycles. The highest BCUT2D eigenvalue weighted by molar-refractivity contribution is 5.74. The number of urea groups is 1. The van der Waals surface area contributed by atoms with Crippen molar-refractivity contribution < 1.29 is 4.79 Å². The molecule has 0 bridgehead atoms. The summed E-state index contributed by atoms with van der Waals surface area (Å²) in [5.74, 6) is 0.783. The van der Waals surface area contributed by atoms with Gasteiger partial charge in [0.25, 0.3) is 0 Å². The second-order valence-corrected chi connectivity index (χ2v) is 6.67. The van der Waals surface area contributed by atoms with Crippen molar-refractivity contribution >= 4 is 6.03 Å². The van der Waals surface area contributed by atoms with E-state index in [4.69, 9.17) is 0 Å². The maximum Gasteiger partial charge on any atom is 0.317 e. The molecule has 4 heteroatoms. The molecule has 3 saturated heterocycles. The Bertz CT molecular complexity index is 325. The molecule has 0 aromatic rings. The smallest absolute Gasteiger partial charge is 0.317 e. The second kappa shape index (κ2) is 5.70. The first-order chi connectivity index (χ1) is 9.22. The second-order valence-electron chi connectivity index (χ2n) is 6.67. The SMILES string of the molecule is CC1CCN(C(=O)NC2CCN3CCCC3C2)CC1. The van der Waals surface area contributed by atoms with Gasteiger partial charge in [-0.1, -0.05) is 6.92 Å². The number of carbonyl (C=O) groups is 1. The molecule has 108 valence electrons. The van der Waals surface area contributed by atoms with E-state index in [1.807, 2.05) is 4.90 Å². The summed E-state index contributed by atoms with van der Waals surface area (Å²) >= 11 is 0. The quantitative estimate of drug-likeness (QED) is 0.787. The number of nitrogens with one attached hydrogen (secondary N) is 1. The molecule has 2 atom stereocenters. The van der Waals surface area contributed by atoms with Gasteiger partial charge in [-0.3, -0.25) is 0 Å². The topological polar surface area (TPSA) is 35.6 Å². The molecule has 19 heavy (non-hydrogen) atoms. The van der Waals surface area contributed by atoms with Crippen LogP contribution in [0.1, 0.15) is 45.4 Å². The minimum Gasteiger partial charge on any atom is -0.335 e. The molecule has 3 aliphatic heterocycles. The molecule has 2 amide bonds. The Balaban J connectivity index is 1.47. The molecule has 3 rings (SSSR count). The third-order valence-corrected chi connectivity index (χ3v) is 5.22. The number of piperidine rings is 2. The highest BCUT2D eigenvalue weighted by Crippen LogP contribution is 2.27. The Labute approximate surface area is 116 Å². The third kappa shape index (κ3) is 3.04. The van der Waals surface area contributed by atoms with Crippen molar-refractivity contribution in [2.75, 3.05) is 26.2 Å². The molecule has 0 aliphatic carbocycles. The maximum absolute atomic E-state index is 12.3. The zero-order valence-corrected chi connectivity index (χ0v) is 12.1. The zero-order valence-electron chi connectivity index (χ0n) is 12.1. The van der Waals surface area contributed by atoms with Crippen LogP contribution in [0.5, 0.6) is 0 Å². The van der Waals surface area contributed by atoms with E-state index in [1.54, 1.807) is 0 Å². The minimum atomic E-state index is 0.184. The lowest BCUT2D eigenvalue weighted by molar-refractivity contribution is 0.146. The molecule has 1 N–H and O–H groups in total. The normalized spacial score (nSPS) is 33.2. The first-order valence-corrected chi connectivity index (χ1v) is 8.02. The van der Waals surface area contributed by atoms with Crippen LogP contribution < -0.4 is 5.32 Å². The van der Waals surface area contributed by atoms with E-state index in [1.165, 1.54) is 25.9 Å². The fourth-order valence-corrected chi connectivity index (χ4v) is 3.83. The molecule has 0 spiro atoms. The predicted octanol–water partition coefficient (Wildman–Crippen LogP) is 2.05. The van der Waals surface area contributed by atoms with Crippen LogP contribution in [0, 0.1) is 5.92 Å². The largest absolute Gasteiger partial charge is 0.335 e. The van der Waals surface area contributed by atoms with E-state index in [-0.39, 0.29) is 6.03 Å². The Morgan fingerprint density at radius 3 is 2.63 bits per heavy atom. The maximum atomic E-state index is 12.3. The Kier molecular flexibility index (Phi) is 3.96. The van der Waals surface area contributed by atoms with Gasteiger partial charge in [-0.25, -0.2) is 4.79 Å². The lowest BCUT2D eigenvalue weighted by Gasteiger charge is -2.37. The van der Waals surface area contributed by atoms with Crippen LogP contribution >= 0.6 is 0 Å². The van der Waals surface area contributed by atoms with Gasteiger partial charge in [-0.2, -0.15) is 0 Å². The van der Waals surface area contributed by atoms with Gasteiger partial charge in [0.15, 0.2) is 0 Å². The molecule has 2 unspecified atom stereocenters. The Morgan fingerprint density at radius 2 is 1.84 bits per heavy atom. The molecular formula is C15H27N3O.